The largest absolute Gasteiger partial charge is 0.465 e. The van der Waals surface area contributed by atoms with E-state index in [2.05, 4.69) is 10.4 Å². The number of hydrogen-bond donors (Lipinski definition) is 2. The molecule has 0 fully saturated rings. The molecule has 0 spiro atoms. The number of amides is 1. The van der Waals surface area contributed by atoms with E-state index in [-0.39, 0.29) is 18.7 Å². The second-order valence-corrected chi connectivity index (χ2v) is 4.08. The van der Waals surface area contributed by atoms with Crippen LogP contribution in [0.2, 0.25) is 0 Å². The highest BCUT2D eigenvalue weighted by molar-refractivity contribution is 5.64. The van der Waals surface area contributed by atoms with Crippen molar-refractivity contribution in [1.82, 2.24) is 15.1 Å². The molecule has 0 atom stereocenters. The number of aromatic nitrogens is 2. The number of carboxylic acid groups (broad SMARTS) is 1. The number of nitrogens with zero attached hydrogens (tertiary/aromatic N) is 2. The minimum Gasteiger partial charge on any atom is -0.465 e. The Kier molecular flexibility index (Phi) is 3.92. The summed E-state index contributed by atoms with van der Waals surface area (Å²) in [5, 5.41) is 14.5. The highest BCUT2D eigenvalue weighted by Crippen LogP contribution is 2.14. The van der Waals surface area contributed by atoms with Crippen molar-refractivity contribution in [3.8, 4) is 0 Å². The van der Waals surface area contributed by atoms with Crippen molar-refractivity contribution in [3.63, 3.8) is 0 Å². The molecule has 5 nitrogen and oxygen atoms in total. The summed E-state index contributed by atoms with van der Waals surface area (Å²) in [6.07, 6.45) is 1.78. The molecule has 20 heavy (non-hydrogen) atoms. The van der Waals surface area contributed by atoms with Gasteiger partial charge in [0, 0.05) is 18.3 Å². The molecule has 0 saturated heterocycles. The van der Waals surface area contributed by atoms with Crippen molar-refractivity contribution in [3.05, 3.63) is 53.1 Å². The molecule has 106 valence electrons. The van der Waals surface area contributed by atoms with E-state index in [0.717, 1.165) is 12.1 Å². The van der Waals surface area contributed by atoms with Gasteiger partial charge in [-0.2, -0.15) is 5.10 Å². The Morgan fingerprint density at radius 3 is 2.50 bits per heavy atom. The number of benzene rings is 1. The Bertz CT molecular complexity index is 620. The van der Waals surface area contributed by atoms with Crippen molar-refractivity contribution < 1.29 is 23.1 Å². The van der Waals surface area contributed by atoms with Crippen molar-refractivity contribution in [2.45, 2.75) is 13.1 Å². The average Bonchev–Trinajstić information content (AvgIpc) is 2.81. The van der Waals surface area contributed by atoms with Gasteiger partial charge >= 0.3 is 6.09 Å². The van der Waals surface area contributed by atoms with Crippen LogP contribution in [0.3, 0.4) is 0 Å². The van der Waals surface area contributed by atoms with Crippen molar-refractivity contribution in [2.24, 2.45) is 0 Å². The molecule has 0 aliphatic heterocycles. The molecule has 1 aromatic heterocycles. The molecule has 1 heterocycles. The molecule has 1 aromatic carbocycles. The first-order valence-corrected chi connectivity index (χ1v) is 5.57. The summed E-state index contributed by atoms with van der Waals surface area (Å²) < 4.78 is 40.2. The number of rotatable bonds is 4. The van der Waals surface area contributed by atoms with Gasteiger partial charge in [0.1, 0.15) is 0 Å². The Labute approximate surface area is 111 Å². The summed E-state index contributed by atoms with van der Waals surface area (Å²) in [5.41, 5.74) is 0.803. The van der Waals surface area contributed by atoms with E-state index >= 15 is 0 Å². The van der Waals surface area contributed by atoms with Crippen LogP contribution >= 0.6 is 0 Å². The van der Waals surface area contributed by atoms with Crippen LogP contribution in [0.25, 0.3) is 0 Å². The first-order valence-electron chi connectivity index (χ1n) is 5.57. The van der Waals surface area contributed by atoms with Crippen LogP contribution in [-0.4, -0.2) is 21.0 Å². The maximum atomic E-state index is 13.0. The van der Waals surface area contributed by atoms with E-state index in [9.17, 15) is 18.0 Å². The van der Waals surface area contributed by atoms with E-state index in [4.69, 9.17) is 5.11 Å². The van der Waals surface area contributed by atoms with Crippen LogP contribution in [-0.2, 0) is 13.1 Å². The minimum absolute atomic E-state index is 0.0428. The van der Waals surface area contributed by atoms with E-state index in [0.29, 0.717) is 5.56 Å². The van der Waals surface area contributed by atoms with Crippen molar-refractivity contribution in [2.75, 3.05) is 0 Å². The zero-order valence-electron chi connectivity index (χ0n) is 10.1. The molecule has 2 aromatic rings. The first kappa shape index (κ1) is 13.9. The maximum absolute atomic E-state index is 13.0. The monoisotopic (exact) mass is 285 g/mol. The predicted molar refractivity (Wildman–Crippen MR) is 62.5 cm³/mol. The summed E-state index contributed by atoms with van der Waals surface area (Å²) in [6, 6.07) is 1.77. The summed E-state index contributed by atoms with van der Waals surface area (Å²) >= 11 is 0. The Hall–Kier alpha value is -2.51. The van der Waals surface area contributed by atoms with Gasteiger partial charge < -0.3 is 10.4 Å². The SMILES string of the molecule is O=C(O)NCc1cnn(Cc2cc(F)c(F)c(F)c2)c1. The molecule has 2 N–H and O–H groups in total. The first-order chi connectivity index (χ1) is 9.45. The Morgan fingerprint density at radius 2 is 1.90 bits per heavy atom. The lowest BCUT2D eigenvalue weighted by atomic mass is 10.2. The molecule has 0 aliphatic rings. The number of carbonyl (C=O) groups is 1. The van der Waals surface area contributed by atoms with Crippen LogP contribution in [0, 0.1) is 17.5 Å². The number of halogens is 3. The van der Waals surface area contributed by atoms with Crippen LogP contribution in [0.1, 0.15) is 11.1 Å². The van der Waals surface area contributed by atoms with Gasteiger partial charge in [-0.05, 0) is 17.7 Å². The van der Waals surface area contributed by atoms with Crippen molar-refractivity contribution >= 4 is 6.09 Å². The second kappa shape index (κ2) is 5.64. The molecular weight excluding hydrogens is 275 g/mol. The fourth-order valence-electron chi connectivity index (χ4n) is 1.65. The van der Waals surface area contributed by atoms with E-state index < -0.39 is 23.5 Å². The zero-order valence-corrected chi connectivity index (χ0v) is 10.1. The van der Waals surface area contributed by atoms with Crippen LogP contribution in [0.4, 0.5) is 18.0 Å². The predicted octanol–water partition coefficient (Wildman–Crippen LogP) is 2.12. The van der Waals surface area contributed by atoms with Crippen LogP contribution in [0.15, 0.2) is 24.5 Å². The molecule has 8 heteroatoms. The molecule has 0 unspecified atom stereocenters. The van der Waals surface area contributed by atoms with Gasteiger partial charge in [-0.1, -0.05) is 0 Å². The Balaban J connectivity index is 2.09. The fourth-order valence-corrected chi connectivity index (χ4v) is 1.65. The van der Waals surface area contributed by atoms with Gasteiger partial charge in [-0.25, -0.2) is 18.0 Å². The lowest BCUT2D eigenvalue weighted by Gasteiger charge is -2.03. The smallest absolute Gasteiger partial charge is 0.404 e. The van der Waals surface area contributed by atoms with Gasteiger partial charge in [0.2, 0.25) is 0 Å². The molecule has 1 amide bonds. The molecular formula is C12H10F3N3O2. The third-order valence-electron chi connectivity index (χ3n) is 2.52. The van der Waals surface area contributed by atoms with Gasteiger partial charge in [-0.3, -0.25) is 4.68 Å². The summed E-state index contributed by atoms with van der Waals surface area (Å²) in [5.74, 6) is -4.04. The van der Waals surface area contributed by atoms with Gasteiger partial charge in [0.05, 0.1) is 12.7 Å². The molecule has 0 radical (unpaired) electrons. The lowest BCUT2D eigenvalue weighted by molar-refractivity contribution is 0.194. The zero-order chi connectivity index (χ0) is 14.7. The van der Waals surface area contributed by atoms with E-state index in [1.807, 2.05) is 0 Å². The van der Waals surface area contributed by atoms with Crippen LogP contribution in [0.5, 0.6) is 0 Å². The third kappa shape index (κ3) is 3.28. The topological polar surface area (TPSA) is 67.2 Å². The molecule has 0 bridgehead atoms. The standard InChI is InChI=1S/C12H10F3N3O2/c13-9-1-7(2-10(14)11(9)15)5-18-6-8(4-17-18)3-16-12(19)20/h1-2,4,6,16H,3,5H2,(H,19,20). The van der Waals surface area contributed by atoms with Gasteiger partial charge in [0.25, 0.3) is 0 Å². The molecule has 0 aliphatic carbocycles. The summed E-state index contributed by atoms with van der Waals surface area (Å²) in [6.45, 7) is 0.114. The second-order valence-electron chi connectivity index (χ2n) is 4.08. The van der Waals surface area contributed by atoms with E-state index in [1.54, 1.807) is 0 Å². The van der Waals surface area contributed by atoms with Gasteiger partial charge in [-0.15, -0.1) is 0 Å². The third-order valence-corrected chi connectivity index (χ3v) is 2.52. The van der Waals surface area contributed by atoms with Gasteiger partial charge in [0.15, 0.2) is 17.5 Å². The number of nitrogens with one attached hydrogen (secondary N) is 1. The van der Waals surface area contributed by atoms with E-state index in [1.165, 1.54) is 17.1 Å². The maximum Gasteiger partial charge on any atom is 0.404 e. The fraction of sp³-hybridized carbons (Fsp3) is 0.167. The number of hydrogen-bond acceptors (Lipinski definition) is 2. The average molecular weight is 285 g/mol. The normalized spacial score (nSPS) is 10.6. The summed E-state index contributed by atoms with van der Waals surface area (Å²) in [4.78, 5) is 10.3. The highest BCUT2D eigenvalue weighted by Gasteiger charge is 2.11. The summed E-state index contributed by atoms with van der Waals surface area (Å²) in [7, 11) is 0. The minimum atomic E-state index is -1.51. The van der Waals surface area contributed by atoms with Crippen LogP contribution < -0.4 is 5.32 Å². The lowest BCUT2D eigenvalue weighted by Crippen LogP contribution is -2.19. The quantitative estimate of drug-likeness (QED) is 0.845. The van der Waals surface area contributed by atoms with Crippen molar-refractivity contribution in [1.29, 1.82) is 0 Å². The Morgan fingerprint density at radius 1 is 1.25 bits per heavy atom. The highest BCUT2D eigenvalue weighted by atomic mass is 19.2. The molecule has 2 rings (SSSR count). The molecule has 0 saturated carbocycles.